The zero-order valence-electron chi connectivity index (χ0n) is 19.3. The summed E-state index contributed by atoms with van der Waals surface area (Å²) in [6, 6.07) is 22.5. The Morgan fingerprint density at radius 3 is 2.63 bits per heavy atom. The molecule has 0 spiro atoms. The molecule has 1 aromatic heterocycles. The number of aryl methyl sites for hydroxylation is 1. The first-order valence-electron chi connectivity index (χ1n) is 11.2. The fourth-order valence-corrected chi connectivity index (χ4v) is 4.18. The number of anilines is 2. The Kier molecular flexibility index (Phi) is 6.25. The first-order valence-corrected chi connectivity index (χ1v) is 11.6. The number of allylic oxidation sites excluding steroid dienone is 1. The number of fused-ring (bicyclic) bond motifs is 1. The fraction of sp³-hybridized carbons (Fsp3) is 0.148. The summed E-state index contributed by atoms with van der Waals surface area (Å²) in [5.41, 5.74) is 5.04. The van der Waals surface area contributed by atoms with Crippen LogP contribution in [-0.2, 0) is 11.4 Å². The smallest absolute Gasteiger partial charge is 0.255 e. The predicted molar refractivity (Wildman–Crippen MR) is 137 cm³/mol. The van der Waals surface area contributed by atoms with Crippen LogP contribution in [0.3, 0.4) is 0 Å². The van der Waals surface area contributed by atoms with E-state index < -0.39 is 6.04 Å². The molecule has 176 valence electrons. The van der Waals surface area contributed by atoms with Crippen molar-refractivity contribution in [1.29, 1.82) is 0 Å². The lowest BCUT2D eigenvalue weighted by molar-refractivity contribution is -0.113. The third-order valence-electron chi connectivity index (χ3n) is 5.84. The van der Waals surface area contributed by atoms with E-state index in [4.69, 9.17) is 16.3 Å². The van der Waals surface area contributed by atoms with Gasteiger partial charge in [-0.2, -0.15) is 10.1 Å². The Morgan fingerprint density at radius 2 is 1.86 bits per heavy atom. The van der Waals surface area contributed by atoms with Crippen LogP contribution in [0.1, 0.15) is 29.7 Å². The quantitative estimate of drug-likeness (QED) is 0.363. The van der Waals surface area contributed by atoms with Gasteiger partial charge < -0.3 is 15.4 Å². The zero-order valence-corrected chi connectivity index (χ0v) is 20.1. The van der Waals surface area contributed by atoms with E-state index in [1.54, 1.807) is 28.9 Å². The molecule has 4 aromatic rings. The van der Waals surface area contributed by atoms with Crippen LogP contribution in [0.15, 0.2) is 90.4 Å². The van der Waals surface area contributed by atoms with Gasteiger partial charge in [0.05, 0.1) is 5.57 Å². The zero-order chi connectivity index (χ0) is 24.4. The Bertz CT molecular complexity index is 1390. The van der Waals surface area contributed by atoms with Crippen molar-refractivity contribution in [3.8, 4) is 5.75 Å². The van der Waals surface area contributed by atoms with Gasteiger partial charge in [-0.25, -0.2) is 4.68 Å². The van der Waals surface area contributed by atoms with Crippen molar-refractivity contribution in [2.24, 2.45) is 0 Å². The van der Waals surface area contributed by atoms with Crippen LogP contribution in [0.4, 0.5) is 11.6 Å². The monoisotopic (exact) mass is 485 g/mol. The van der Waals surface area contributed by atoms with Gasteiger partial charge in [0, 0.05) is 16.4 Å². The molecular weight excluding hydrogens is 462 g/mol. The Hall–Kier alpha value is -4.10. The minimum absolute atomic E-state index is 0.241. The molecule has 3 aromatic carbocycles. The normalized spacial score (nSPS) is 14.8. The third-order valence-corrected chi connectivity index (χ3v) is 6.09. The molecule has 35 heavy (non-hydrogen) atoms. The van der Waals surface area contributed by atoms with Gasteiger partial charge in [-0.3, -0.25) is 4.79 Å². The number of nitrogens with zero attached hydrogens (tertiary/aromatic N) is 3. The van der Waals surface area contributed by atoms with E-state index in [0.29, 0.717) is 40.3 Å². The molecule has 0 fully saturated rings. The molecule has 7 nitrogen and oxygen atoms in total. The van der Waals surface area contributed by atoms with Crippen LogP contribution in [0, 0.1) is 6.92 Å². The molecule has 1 aliphatic heterocycles. The summed E-state index contributed by atoms with van der Waals surface area (Å²) in [7, 11) is 0. The second-order valence-electron chi connectivity index (χ2n) is 8.40. The summed E-state index contributed by atoms with van der Waals surface area (Å²) in [4.78, 5) is 17.8. The fourth-order valence-electron chi connectivity index (χ4n) is 4.05. The molecule has 1 atom stereocenters. The Labute approximate surface area is 208 Å². The lowest BCUT2D eigenvalue weighted by Gasteiger charge is -2.29. The van der Waals surface area contributed by atoms with Crippen LogP contribution < -0.4 is 15.4 Å². The van der Waals surface area contributed by atoms with Gasteiger partial charge in [0.2, 0.25) is 5.95 Å². The summed E-state index contributed by atoms with van der Waals surface area (Å²) in [5, 5.41) is 11.2. The Morgan fingerprint density at radius 1 is 1.09 bits per heavy atom. The average molecular weight is 486 g/mol. The van der Waals surface area contributed by atoms with Crippen molar-refractivity contribution >= 4 is 29.1 Å². The number of carbonyl (C=O) groups is 1. The van der Waals surface area contributed by atoms with Gasteiger partial charge in [-0.15, -0.1) is 0 Å². The van der Waals surface area contributed by atoms with Crippen molar-refractivity contribution in [2.45, 2.75) is 26.5 Å². The number of benzene rings is 3. The summed E-state index contributed by atoms with van der Waals surface area (Å²) in [6.45, 7) is 4.37. The molecule has 5 rings (SSSR count). The molecule has 0 aliphatic carbocycles. The number of aromatic nitrogens is 3. The number of rotatable bonds is 6. The van der Waals surface area contributed by atoms with Crippen LogP contribution in [0.2, 0.25) is 5.02 Å². The van der Waals surface area contributed by atoms with Gasteiger partial charge in [-0.05, 0) is 61.4 Å². The van der Waals surface area contributed by atoms with E-state index in [1.165, 1.54) is 11.9 Å². The van der Waals surface area contributed by atoms with E-state index in [-0.39, 0.29) is 5.91 Å². The van der Waals surface area contributed by atoms with Gasteiger partial charge >= 0.3 is 0 Å². The van der Waals surface area contributed by atoms with Crippen LogP contribution >= 0.6 is 11.6 Å². The second-order valence-corrected chi connectivity index (χ2v) is 8.84. The molecule has 2 heterocycles. The minimum atomic E-state index is -0.482. The molecular formula is C27H24ClN5O2. The molecule has 1 amide bonds. The minimum Gasteiger partial charge on any atom is -0.489 e. The van der Waals surface area contributed by atoms with Crippen molar-refractivity contribution in [1.82, 2.24) is 14.8 Å². The number of halogens is 1. The maximum atomic E-state index is 13.5. The average Bonchev–Trinajstić information content (AvgIpc) is 3.32. The second kappa shape index (κ2) is 9.64. The highest BCUT2D eigenvalue weighted by Gasteiger charge is 2.33. The number of amides is 1. The van der Waals surface area contributed by atoms with Gasteiger partial charge in [-0.1, -0.05) is 53.6 Å². The number of ether oxygens (including phenoxy) is 1. The number of carbonyl (C=O) groups excluding carboxylic acids is 1. The highest BCUT2D eigenvalue weighted by molar-refractivity contribution is 6.30. The topological polar surface area (TPSA) is 81.1 Å². The summed E-state index contributed by atoms with van der Waals surface area (Å²) in [6.07, 6.45) is 1.47. The molecule has 0 bridgehead atoms. The Balaban J connectivity index is 1.45. The molecule has 0 saturated carbocycles. The lowest BCUT2D eigenvalue weighted by atomic mass is 9.95. The molecule has 1 aliphatic rings. The van der Waals surface area contributed by atoms with E-state index in [0.717, 1.165) is 11.1 Å². The van der Waals surface area contributed by atoms with Crippen LogP contribution in [0.5, 0.6) is 5.75 Å². The van der Waals surface area contributed by atoms with Crippen molar-refractivity contribution in [2.75, 3.05) is 10.6 Å². The van der Waals surface area contributed by atoms with Crippen LogP contribution in [0.25, 0.3) is 0 Å². The third kappa shape index (κ3) is 4.90. The first-order chi connectivity index (χ1) is 17.0. The molecule has 0 unspecified atom stereocenters. The van der Waals surface area contributed by atoms with E-state index in [1.807, 2.05) is 31.2 Å². The highest BCUT2D eigenvalue weighted by Crippen LogP contribution is 2.36. The lowest BCUT2D eigenvalue weighted by Crippen LogP contribution is -2.31. The number of hydrogen-bond donors (Lipinski definition) is 2. The summed E-state index contributed by atoms with van der Waals surface area (Å²) < 4.78 is 7.78. The molecule has 0 radical (unpaired) electrons. The SMILES string of the molecule is CC1=C(C(=O)Nc2ccc(Cl)cc2)[C@H](c2cccc(OCc3ccc(C)cc3)c2)n2ncnc2N1. The van der Waals surface area contributed by atoms with E-state index in [9.17, 15) is 4.79 Å². The molecule has 2 N–H and O–H groups in total. The van der Waals surface area contributed by atoms with Crippen molar-refractivity contribution in [3.63, 3.8) is 0 Å². The highest BCUT2D eigenvalue weighted by atomic mass is 35.5. The standard InChI is InChI=1S/C27H24ClN5O2/c1-17-6-8-19(9-7-17)15-35-23-5-3-4-20(14-23)25-24(18(2)31-27-29-16-30-33(25)27)26(34)32-22-12-10-21(28)11-13-22/h3-14,16,25H,15H2,1-2H3,(H,32,34)(H,29,30,31)/t25-/m0/s1. The van der Waals surface area contributed by atoms with Gasteiger partial charge in [0.15, 0.2) is 0 Å². The number of nitrogens with one attached hydrogen (secondary N) is 2. The molecule has 8 heteroatoms. The maximum Gasteiger partial charge on any atom is 0.255 e. The number of hydrogen-bond acceptors (Lipinski definition) is 5. The van der Waals surface area contributed by atoms with Crippen molar-refractivity contribution < 1.29 is 9.53 Å². The maximum absolute atomic E-state index is 13.5. The summed E-state index contributed by atoms with van der Waals surface area (Å²) >= 11 is 5.99. The van der Waals surface area contributed by atoms with E-state index >= 15 is 0 Å². The van der Waals surface area contributed by atoms with E-state index in [2.05, 4.69) is 51.9 Å². The largest absolute Gasteiger partial charge is 0.489 e. The predicted octanol–water partition coefficient (Wildman–Crippen LogP) is 5.75. The van der Waals surface area contributed by atoms with Gasteiger partial charge in [0.25, 0.3) is 5.91 Å². The molecule has 0 saturated heterocycles. The summed E-state index contributed by atoms with van der Waals surface area (Å²) in [5.74, 6) is 1.04. The van der Waals surface area contributed by atoms with Crippen molar-refractivity contribution in [3.05, 3.63) is 112 Å². The first kappa shape index (κ1) is 22.7. The van der Waals surface area contributed by atoms with Gasteiger partial charge in [0.1, 0.15) is 24.7 Å². The van der Waals surface area contributed by atoms with Crippen LogP contribution in [-0.4, -0.2) is 20.7 Å².